The van der Waals surface area contributed by atoms with Crippen LogP contribution < -0.4 is 0 Å². The van der Waals surface area contributed by atoms with Crippen LogP contribution >= 0.6 is 0 Å². The summed E-state index contributed by atoms with van der Waals surface area (Å²) < 4.78 is 5.23. The van der Waals surface area contributed by atoms with E-state index in [0.717, 1.165) is 31.4 Å². The summed E-state index contributed by atoms with van der Waals surface area (Å²) in [7, 11) is 0. The number of unbranched alkanes of at least 4 members (excludes halogenated alkanes) is 8. The van der Waals surface area contributed by atoms with E-state index in [-0.39, 0.29) is 6.10 Å². The molecule has 0 aliphatic rings. The molecule has 0 aromatic rings. The second-order valence-corrected chi connectivity index (χ2v) is 5.76. The first-order valence-corrected chi connectivity index (χ1v) is 8.71. The Kier molecular flexibility index (Phi) is 13.7. The van der Waals surface area contributed by atoms with Gasteiger partial charge in [0.25, 0.3) is 0 Å². The van der Waals surface area contributed by atoms with Gasteiger partial charge in [0.2, 0.25) is 0 Å². The lowest BCUT2D eigenvalue weighted by molar-refractivity contribution is -0.144. The summed E-state index contributed by atoms with van der Waals surface area (Å²) >= 11 is 0. The largest absolute Gasteiger partial charge is 0.478 e. The summed E-state index contributed by atoms with van der Waals surface area (Å²) in [6, 6.07) is 0. The highest BCUT2D eigenvalue weighted by atomic mass is 16.5. The number of carboxylic acid groups (broad SMARTS) is 1. The first kappa shape index (κ1) is 20.7. The molecule has 1 N–H and O–H groups in total. The lowest BCUT2D eigenvalue weighted by Gasteiger charge is -2.14. The molecule has 0 saturated carbocycles. The summed E-state index contributed by atoms with van der Waals surface area (Å²) in [6.45, 7) is 4.21. The number of hydrogen-bond acceptors (Lipinski definition) is 3. The Bertz CT molecular complexity index is 323. The third-order valence-corrected chi connectivity index (χ3v) is 3.73. The smallest absolute Gasteiger partial charge is 0.331 e. The van der Waals surface area contributed by atoms with E-state index in [1.165, 1.54) is 51.4 Å². The highest BCUT2D eigenvalue weighted by molar-refractivity contribution is 5.90. The van der Waals surface area contributed by atoms with Crippen molar-refractivity contribution in [1.29, 1.82) is 0 Å². The molecule has 0 amide bonds. The summed E-state index contributed by atoms with van der Waals surface area (Å²) in [6.07, 6.45) is 14.7. The molecular formula is C18H32O4. The van der Waals surface area contributed by atoms with Gasteiger partial charge in [-0.05, 0) is 19.3 Å². The van der Waals surface area contributed by atoms with Gasteiger partial charge in [-0.2, -0.15) is 0 Å². The zero-order valence-electron chi connectivity index (χ0n) is 14.2. The predicted octanol–water partition coefficient (Wildman–Crippen LogP) is 4.87. The number of carbonyl (C=O) groups excluding carboxylic acids is 1. The molecule has 4 heteroatoms. The van der Waals surface area contributed by atoms with Gasteiger partial charge in [0, 0.05) is 12.2 Å². The Hall–Kier alpha value is -1.32. The van der Waals surface area contributed by atoms with Gasteiger partial charge in [-0.3, -0.25) is 0 Å². The molecule has 0 aliphatic carbocycles. The Balaban J connectivity index is 3.61. The monoisotopic (exact) mass is 312 g/mol. The van der Waals surface area contributed by atoms with Crippen molar-refractivity contribution in [2.75, 3.05) is 0 Å². The van der Waals surface area contributed by atoms with Gasteiger partial charge in [0.05, 0.1) is 0 Å². The lowest BCUT2D eigenvalue weighted by atomic mass is 10.0. The van der Waals surface area contributed by atoms with Crippen LogP contribution in [0.4, 0.5) is 0 Å². The van der Waals surface area contributed by atoms with Crippen LogP contribution in [0.1, 0.15) is 84.5 Å². The van der Waals surface area contributed by atoms with Crippen LogP contribution in [0, 0.1) is 0 Å². The minimum Gasteiger partial charge on any atom is -0.478 e. The molecule has 4 nitrogen and oxygen atoms in total. The third kappa shape index (κ3) is 13.7. The lowest BCUT2D eigenvalue weighted by Crippen LogP contribution is -2.16. The first-order chi connectivity index (χ1) is 10.6. The van der Waals surface area contributed by atoms with Crippen LogP contribution in [-0.2, 0) is 14.3 Å². The number of rotatable bonds is 14. The van der Waals surface area contributed by atoms with Gasteiger partial charge >= 0.3 is 11.9 Å². The van der Waals surface area contributed by atoms with Crippen molar-refractivity contribution in [3.05, 3.63) is 12.2 Å². The molecule has 128 valence electrons. The number of aliphatic carboxylic acids is 1. The van der Waals surface area contributed by atoms with E-state index >= 15 is 0 Å². The van der Waals surface area contributed by atoms with Gasteiger partial charge in [-0.15, -0.1) is 0 Å². The molecule has 0 aliphatic heterocycles. The van der Waals surface area contributed by atoms with Crippen LogP contribution in [0.5, 0.6) is 0 Å². The molecule has 22 heavy (non-hydrogen) atoms. The Morgan fingerprint density at radius 3 is 1.95 bits per heavy atom. The standard InChI is InChI=1S/C18H32O4/c1-3-5-6-7-8-9-10-11-12-13-16(4-2)22-18(21)15-14-17(19)20/h14-16H,3-13H2,1-2H3,(H,19,20)/b15-14-. The normalized spacial score (nSPS) is 12.5. The molecule has 1 atom stereocenters. The molecule has 0 aromatic carbocycles. The van der Waals surface area contributed by atoms with Gasteiger partial charge in [-0.1, -0.05) is 65.2 Å². The highest BCUT2D eigenvalue weighted by Crippen LogP contribution is 2.14. The Morgan fingerprint density at radius 2 is 1.45 bits per heavy atom. The van der Waals surface area contributed by atoms with Gasteiger partial charge in [0.15, 0.2) is 0 Å². The average Bonchev–Trinajstić information content (AvgIpc) is 2.50. The zero-order valence-corrected chi connectivity index (χ0v) is 14.2. The zero-order chi connectivity index (χ0) is 16.6. The van der Waals surface area contributed by atoms with Crippen LogP contribution in [0.3, 0.4) is 0 Å². The van der Waals surface area contributed by atoms with E-state index in [4.69, 9.17) is 9.84 Å². The van der Waals surface area contributed by atoms with E-state index in [2.05, 4.69) is 6.92 Å². The van der Waals surface area contributed by atoms with E-state index in [9.17, 15) is 9.59 Å². The maximum Gasteiger partial charge on any atom is 0.331 e. The van der Waals surface area contributed by atoms with E-state index in [1.54, 1.807) is 0 Å². The highest BCUT2D eigenvalue weighted by Gasteiger charge is 2.10. The molecule has 0 heterocycles. The Labute approximate surface area is 134 Å². The third-order valence-electron chi connectivity index (χ3n) is 3.73. The van der Waals surface area contributed by atoms with Crippen molar-refractivity contribution in [2.24, 2.45) is 0 Å². The van der Waals surface area contributed by atoms with Crippen molar-refractivity contribution >= 4 is 11.9 Å². The maximum atomic E-state index is 11.4. The van der Waals surface area contributed by atoms with Gasteiger partial charge < -0.3 is 9.84 Å². The summed E-state index contributed by atoms with van der Waals surface area (Å²) in [5, 5.41) is 8.45. The fourth-order valence-corrected chi connectivity index (χ4v) is 2.37. The van der Waals surface area contributed by atoms with Crippen LogP contribution in [0.2, 0.25) is 0 Å². The number of carboxylic acids is 1. The molecule has 0 rings (SSSR count). The van der Waals surface area contributed by atoms with Crippen molar-refractivity contribution in [2.45, 2.75) is 90.6 Å². The maximum absolute atomic E-state index is 11.4. The molecule has 0 aromatic heterocycles. The number of carbonyl (C=O) groups is 2. The van der Waals surface area contributed by atoms with E-state index < -0.39 is 11.9 Å². The summed E-state index contributed by atoms with van der Waals surface area (Å²) in [4.78, 5) is 21.7. The molecule has 0 fully saturated rings. The fourth-order valence-electron chi connectivity index (χ4n) is 2.37. The van der Waals surface area contributed by atoms with E-state index in [1.807, 2.05) is 6.92 Å². The number of ether oxygens (including phenoxy) is 1. The molecule has 0 saturated heterocycles. The fraction of sp³-hybridized carbons (Fsp3) is 0.778. The second kappa shape index (κ2) is 14.6. The molecule has 0 spiro atoms. The molecule has 0 bridgehead atoms. The van der Waals surface area contributed by atoms with Crippen LogP contribution in [0.25, 0.3) is 0 Å². The van der Waals surface area contributed by atoms with Crippen LogP contribution in [-0.4, -0.2) is 23.1 Å². The van der Waals surface area contributed by atoms with Gasteiger partial charge in [-0.25, -0.2) is 9.59 Å². The summed E-state index contributed by atoms with van der Waals surface area (Å²) in [5.41, 5.74) is 0. The van der Waals surface area contributed by atoms with Crippen molar-refractivity contribution < 1.29 is 19.4 Å². The predicted molar refractivity (Wildman–Crippen MR) is 88.8 cm³/mol. The molecular weight excluding hydrogens is 280 g/mol. The number of hydrogen-bond donors (Lipinski definition) is 1. The number of esters is 1. The minimum absolute atomic E-state index is 0.101. The van der Waals surface area contributed by atoms with Crippen molar-refractivity contribution in [3.63, 3.8) is 0 Å². The summed E-state index contributed by atoms with van der Waals surface area (Å²) in [5.74, 6) is -1.70. The topological polar surface area (TPSA) is 63.6 Å². The van der Waals surface area contributed by atoms with E-state index in [0.29, 0.717) is 0 Å². The Morgan fingerprint density at radius 1 is 0.909 bits per heavy atom. The minimum atomic E-state index is -1.14. The van der Waals surface area contributed by atoms with Gasteiger partial charge in [0.1, 0.15) is 6.10 Å². The first-order valence-electron chi connectivity index (χ1n) is 8.71. The second-order valence-electron chi connectivity index (χ2n) is 5.76. The SMILES string of the molecule is CCCCCCCCCCCC(CC)OC(=O)/C=C\C(=O)O. The average molecular weight is 312 g/mol. The molecule has 1 unspecified atom stereocenters. The van der Waals surface area contributed by atoms with Crippen molar-refractivity contribution in [3.8, 4) is 0 Å². The quantitative estimate of drug-likeness (QED) is 0.282. The van der Waals surface area contributed by atoms with Crippen LogP contribution in [0.15, 0.2) is 12.2 Å². The molecule has 0 radical (unpaired) electrons. The van der Waals surface area contributed by atoms with Crippen molar-refractivity contribution in [1.82, 2.24) is 0 Å².